The van der Waals surface area contributed by atoms with Crippen LogP contribution >= 0.6 is 11.6 Å². The molecule has 0 aliphatic heterocycles. The van der Waals surface area contributed by atoms with Gasteiger partial charge in [0.05, 0.1) is 21.8 Å². The minimum absolute atomic E-state index is 0.0495. The van der Waals surface area contributed by atoms with Gasteiger partial charge in [-0.2, -0.15) is 13.2 Å². The van der Waals surface area contributed by atoms with Crippen molar-refractivity contribution >= 4 is 29.2 Å². The molecule has 0 radical (unpaired) electrons. The second-order valence-corrected chi connectivity index (χ2v) is 5.68. The van der Waals surface area contributed by atoms with Gasteiger partial charge in [0.25, 0.3) is 5.91 Å². The molecule has 0 spiro atoms. The fraction of sp³-hybridized carbons (Fsp3) is 0.176. The van der Waals surface area contributed by atoms with Crippen molar-refractivity contribution in [1.29, 1.82) is 0 Å². The Labute approximate surface area is 151 Å². The number of anilines is 1. The summed E-state index contributed by atoms with van der Waals surface area (Å²) in [7, 11) is 0. The minimum atomic E-state index is -4.60. The first-order chi connectivity index (χ1) is 12.1. The monoisotopic (exact) mass is 387 g/mol. The maximum Gasteiger partial charge on any atom is 0.416 e. The van der Waals surface area contributed by atoms with E-state index in [1.165, 1.54) is 31.2 Å². The predicted octanol–water partition coefficient (Wildman–Crippen LogP) is 4.25. The maximum atomic E-state index is 12.7. The zero-order valence-corrected chi connectivity index (χ0v) is 14.1. The number of rotatable bonds is 4. The number of alkyl halides is 3. The van der Waals surface area contributed by atoms with Crippen molar-refractivity contribution < 1.29 is 32.6 Å². The first-order valence-corrected chi connectivity index (χ1v) is 7.63. The molecule has 0 saturated carbocycles. The average molecular weight is 388 g/mol. The molecule has 0 aliphatic carbocycles. The fourth-order valence-electron chi connectivity index (χ4n) is 1.91. The molecule has 0 aromatic heterocycles. The van der Waals surface area contributed by atoms with Crippen molar-refractivity contribution in [2.75, 3.05) is 5.32 Å². The Morgan fingerprint density at radius 1 is 1.15 bits per heavy atom. The summed E-state index contributed by atoms with van der Waals surface area (Å²) in [6, 6.07) is 7.61. The van der Waals surface area contributed by atoms with Gasteiger partial charge in [0, 0.05) is 0 Å². The van der Waals surface area contributed by atoms with Gasteiger partial charge < -0.3 is 15.2 Å². The highest BCUT2D eigenvalue weighted by Gasteiger charge is 2.31. The van der Waals surface area contributed by atoms with E-state index in [9.17, 15) is 22.8 Å². The van der Waals surface area contributed by atoms with Crippen LogP contribution in [0, 0.1) is 0 Å². The SMILES string of the molecule is C[C@H](OC(=O)c1ccc(O)cc1)C(=O)Nc1cc(C(F)(F)F)ccc1Cl. The van der Waals surface area contributed by atoms with Gasteiger partial charge in [0.15, 0.2) is 6.10 Å². The second-order valence-electron chi connectivity index (χ2n) is 5.28. The summed E-state index contributed by atoms with van der Waals surface area (Å²) < 4.78 is 43.2. The molecule has 1 amide bonds. The lowest BCUT2D eigenvalue weighted by Gasteiger charge is -2.15. The van der Waals surface area contributed by atoms with Crippen molar-refractivity contribution in [3.63, 3.8) is 0 Å². The second kappa shape index (κ2) is 7.65. The highest BCUT2D eigenvalue weighted by molar-refractivity contribution is 6.33. The van der Waals surface area contributed by atoms with Gasteiger partial charge in [-0.05, 0) is 49.4 Å². The third kappa shape index (κ3) is 4.89. The van der Waals surface area contributed by atoms with Gasteiger partial charge in [0.1, 0.15) is 5.75 Å². The lowest BCUT2D eigenvalue weighted by atomic mass is 10.2. The fourth-order valence-corrected chi connectivity index (χ4v) is 2.08. The van der Waals surface area contributed by atoms with Crippen LogP contribution in [0.25, 0.3) is 0 Å². The van der Waals surface area contributed by atoms with Gasteiger partial charge in [0.2, 0.25) is 0 Å². The number of hydrogen-bond acceptors (Lipinski definition) is 4. The first kappa shape index (κ1) is 19.6. The topological polar surface area (TPSA) is 75.6 Å². The highest BCUT2D eigenvalue weighted by atomic mass is 35.5. The number of hydrogen-bond donors (Lipinski definition) is 2. The summed E-state index contributed by atoms with van der Waals surface area (Å²) in [5.74, 6) is -1.73. The normalized spacial score (nSPS) is 12.3. The Kier molecular flexibility index (Phi) is 5.76. The summed E-state index contributed by atoms with van der Waals surface area (Å²) >= 11 is 5.80. The summed E-state index contributed by atoms with van der Waals surface area (Å²) in [4.78, 5) is 24.0. The molecule has 5 nitrogen and oxygen atoms in total. The maximum absolute atomic E-state index is 12.7. The quantitative estimate of drug-likeness (QED) is 0.769. The largest absolute Gasteiger partial charge is 0.508 e. The molecule has 2 aromatic carbocycles. The predicted molar refractivity (Wildman–Crippen MR) is 88.1 cm³/mol. The minimum Gasteiger partial charge on any atom is -0.508 e. The van der Waals surface area contributed by atoms with E-state index in [0.29, 0.717) is 6.07 Å². The molecular weight excluding hydrogens is 375 g/mol. The van der Waals surface area contributed by atoms with E-state index < -0.39 is 29.7 Å². The van der Waals surface area contributed by atoms with Crippen LogP contribution in [0.3, 0.4) is 0 Å². The zero-order valence-electron chi connectivity index (χ0n) is 13.3. The molecular formula is C17H13ClF3NO4. The Balaban J connectivity index is 2.07. The number of ether oxygens (including phenoxy) is 1. The van der Waals surface area contributed by atoms with E-state index in [-0.39, 0.29) is 22.0 Å². The molecule has 0 saturated heterocycles. The van der Waals surface area contributed by atoms with E-state index >= 15 is 0 Å². The van der Waals surface area contributed by atoms with Crippen LogP contribution in [0.1, 0.15) is 22.8 Å². The van der Waals surface area contributed by atoms with Crippen molar-refractivity contribution in [3.8, 4) is 5.75 Å². The van der Waals surface area contributed by atoms with E-state index in [1.807, 2.05) is 0 Å². The molecule has 0 unspecified atom stereocenters. The lowest BCUT2D eigenvalue weighted by Crippen LogP contribution is -2.30. The molecule has 26 heavy (non-hydrogen) atoms. The number of aromatic hydroxyl groups is 1. The Morgan fingerprint density at radius 3 is 2.35 bits per heavy atom. The molecule has 0 aliphatic rings. The number of phenolic OH excluding ortho intramolecular Hbond substituents is 1. The van der Waals surface area contributed by atoms with Gasteiger partial charge >= 0.3 is 12.1 Å². The van der Waals surface area contributed by atoms with Crippen molar-refractivity contribution in [3.05, 3.63) is 58.6 Å². The van der Waals surface area contributed by atoms with Crippen LogP contribution in [-0.4, -0.2) is 23.1 Å². The first-order valence-electron chi connectivity index (χ1n) is 7.25. The number of halogens is 4. The molecule has 1 atom stereocenters. The molecule has 0 fully saturated rings. The van der Waals surface area contributed by atoms with Crippen molar-refractivity contribution in [2.24, 2.45) is 0 Å². The van der Waals surface area contributed by atoms with Crippen molar-refractivity contribution in [2.45, 2.75) is 19.2 Å². The van der Waals surface area contributed by atoms with E-state index in [2.05, 4.69) is 5.32 Å². The standard InChI is InChI=1S/C17H13ClF3NO4/c1-9(26-16(25)10-2-5-12(23)6-3-10)15(24)22-14-8-11(17(19,20)21)4-7-13(14)18/h2-9,23H,1H3,(H,22,24)/t9-/m0/s1. The van der Waals surface area contributed by atoms with Crippen LogP contribution < -0.4 is 5.32 Å². The number of carbonyl (C=O) groups is 2. The Hall–Kier alpha value is -2.74. The van der Waals surface area contributed by atoms with Gasteiger partial charge in [-0.25, -0.2) is 4.79 Å². The number of amides is 1. The van der Waals surface area contributed by atoms with Crippen LogP contribution in [0.15, 0.2) is 42.5 Å². The van der Waals surface area contributed by atoms with E-state index in [0.717, 1.165) is 12.1 Å². The summed E-state index contributed by atoms with van der Waals surface area (Å²) in [5, 5.41) is 11.3. The van der Waals surface area contributed by atoms with Gasteiger partial charge in [-0.15, -0.1) is 0 Å². The summed E-state index contributed by atoms with van der Waals surface area (Å²) in [6.07, 6.45) is -5.89. The van der Waals surface area contributed by atoms with Crippen LogP contribution in [0.2, 0.25) is 5.02 Å². The van der Waals surface area contributed by atoms with Crippen LogP contribution in [0.4, 0.5) is 18.9 Å². The highest BCUT2D eigenvalue weighted by Crippen LogP contribution is 2.33. The van der Waals surface area contributed by atoms with Crippen molar-refractivity contribution in [1.82, 2.24) is 0 Å². The number of phenols is 1. The third-order valence-corrected chi connectivity index (χ3v) is 3.64. The molecule has 2 rings (SSSR count). The van der Waals surface area contributed by atoms with E-state index in [4.69, 9.17) is 21.4 Å². The molecule has 9 heteroatoms. The molecule has 2 N–H and O–H groups in total. The number of carbonyl (C=O) groups excluding carboxylic acids is 2. The molecule has 0 bridgehead atoms. The number of benzene rings is 2. The number of esters is 1. The third-order valence-electron chi connectivity index (χ3n) is 3.31. The van der Waals surface area contributed by atoms with Gasteiger partial charge in [-0.3, -0.25) is 4.79 Å². The van der Waals surface area contributed by atoms with Crippen LogP contribution in [-0.2, 0) is 15.7 Å². The van der Waals surface area contributed by atoms with Crippen LogP contribution in [0.5, 0.6) is 5.75 Å². The molecule has 138 valence electrons. The lowest BCUT2D eigenvalue weighted by molar-refractivity contribution is -0.137. The molecule has 2 aromatic rings. The smallest absolute Gasteiger partial charge is 0.416 e. The average Bonchev–Trinajstić information content (AvgIpc) is 2.56. The number of nitrogens with one attached hydrogen (secondary N) is 1. The van der Waals surface area contributed by atoms with E-state index in [1.54, 1.807) is 0 Å². The summed E-state index contributed by atoms with van der Waals surface area (Å²) in [5.41, 5.74) is -1.13. The Morgan fingerprint density at radius 2 is 1.77 bits per heavy atom. The Bertz CT molecular complexity index is 822. The summed E-state index contributed by atoms with van der Waals surface area (Å²) in [6.45, 7) is 1.26. The molecule has 0 heterocycles. The van der Waals surface area contributed by atoms with Gasteiger partial charge in [-0.1, -0.05) is 11.6 Å². The zero-order chi connectivity index (χ0) is 19.5.